The lowest BCUT2D eigenvalue weighted by atomic mass is 10.2. The van der Waals surface area contributed by atoms with Gasteiger partial charge in [-0.15, -0.1) is 0 Å². The van der Waals surface area contributed by atoms with E-state index in [1.165, 1.54) is 5.56 Å². The van der Waals surface area contributed by atoms with Crippen molar-refractivity contribution in [3.8, 4) is 0 Å². The Labute approximate surface area is 169 Å². The molecule has 0 bridgehead atoms. The fourth-order valence-corrected chi connectivity index (χ4v) is 3.15. The SMILES string of the molecule is CN(CCc1ccncc1)c1ccnc(C(=O)Nc2cccc3cccnc23)c1. The van der Waals surface area contributed by atoms with Gasteiger partial charge in [0.1, 0.15) is 5.69 Å². The number of benzene rings is 1. The Kier molecular flexibility index (Phi) is 5.42. The average molecular weight is 383 g/mol. The maximum atomic E-state index is 12.8. The molecule has 0 radical (unpaired) electrons. The molecular weight excluding hydrogens is 362 g/mol. The van der Waals surface area contributed by atoms with Crippen LogP contribution in [-0.4, -0.2) is 34.5 Å². The third-order valence-electron chi connectivity index (χ3n) is 4.78. The van der Waals surface area contributed by atoms with Crippen molar-refractivity contribution in [1.29, 1.82) is 0 Å². The predicted octanol–water partition coefficient (Wildman–Crippen LogP) is 3.96. The van der Waals surface area contributed by atoms with E-state index < -0.39 is 0 Å². The number of para-hydroxylation sites is 1. The molecule has 3 aromatic heterocycles. The number of anilines is 2. The molecule has 4 rings (SSSR count). The molecule has 4 aromatic rings. The highest BCUT2D eigenvalue weighted by molar-refractivity contribution is 6.07. The molecule has 1 N–H and O–H groups in total. The lowest BCUT2D eigenvalue weighted by Crippen LogP contribution is -2.21. The molecule has 0 unspecified atom stereocenters. The van der Waals surface area contributed by atoms with Gasteiger partial charge in [-0.2, -0.15) is 0 Å². The summed E-state index contributed by atoms with van der Waals surface area (Å²) in [6, 6.07) is 17.3. The second kappa shape index (κ2) is 8.48. The summed E-state index contributed by atoms with van der Waals surface area (Å²) in [5.74, 6) is -0.257. The van der Waals surface area contributed by atoms with E-state index in [0.29, 0.717) is 11.4 Å². The molecule has 0 fully saturated rings. The van der Waals surface area contributed by atoms with Gasteiger partial charge in [0, 0.05) is 49.5 Å². The molecule has 29 heavy (non-hydrogen) atoms. The molecule has 0 aliphatic carbocycles. The van der Waals surface area contributed by atoms with Crippen LogP contribution in [0.15, 0.2) is 79.4 Å². The minimum atomic E-state index is -0.257. The molecule has 0 aliphatic heterocycles. The maximum absolute atomic E-state index is 12.8. The Morgan fingerprint density at radius 2 is 1.79 bits per heavy atom. The van der Waals surface area contributed by atoms with Crippen LogP contribution in [0.5, 0.6) is 0 Å². The molecule has 0 saturated heterocycles. The molecule has 0 aliphatic rings. The zero-order valence-electron chi connectivity index (χ0n) is 16.1. The van der Waals surface area contributed by atoms with Crippen molar-refractivity contribution in [2.24, 2.45) is 0 Å². The van der Waals surface area contributed by atoms with Gasteiger partial charge in [-0.1, -0.05) is 18.2 Å². The highest BCUT2D eigenvalue weighted by Gasteiger charge is 2.12. The van der Waals surface area contributed by atoms with Crippen LogP contribution < -0.4 is 10.2 Å². The summed E-state index contributed by atoms with van der Waals surface area (Å²) in [4.78, 5) is 27.6. The Hall–Kier alpha value is -3.80. The molecule has 144 valence electrons. The van der Waals surface area contributed by atoms with Crippen molar-refractivity contribution >= 4 is 28.2 Å². The van der Waals surface area contributed by atoms with Crippen LogP contribution in [0, 0.1) is 0 Å². The fourth-order valence-electron chi connectivity index (χ4n) is 3.15. The van der Waals surface area contributed by atoms with Gasteiger partial charge in [0.25, 0.3) is 5.91 Å². The van der Waals surface area contributed by atoms with Crippen LogP contribution in [0.25, 0.3) is 10.9 Å². The van der Waals surface area contributed by atoms with Gasteiger partial charge < -0.3 is 10.2 Å². The summed E-state index contributed by atoms with van der Waals surface area (Å²) in [5.41, 5.74) is 3.96. The Balaban J connectivity index is 1.48. The normalized spacial score (nSPS) is 10.7. The first-order valence-corrected chi connectivity index (χ1v) is 9.42. The lowest BCUT2D eigenvalue weighted by molar-refractivity contribution is 0.102. The number of carbonyl (C=O) groups excluding carboxylic acids is 1. The number of likely N-dealkylation sites (N-methyl/N-ethyl adjacent to an activating group) is 1. The topological polar surface area (TPSA) is 71.0 Å². The first-order valence-electron chi connectivity index (χ1n) is 9.42. The van der Waals surface area contributed by atoms with Crippen molar-refractivity contribution in [3.05, 3.63) is 90.6 Å². The Bertz CT molecular complexity index is 1120. The minimum absolute atomic E-state index is 0.257. The molecule has 6 nitrogen and oxygen atoms in total. The summed E-state index contributed by atoms with van der Waals surface area (Å²) in [5, 5.41) is 3.91. The number of nitrogens with zero attached hydrogens (tertiary/aromatic N) is 4. The molecule has 0 saturated carbocycles. The third-order valence-corrected chi connectivity index (χ3v) is 4.78. The van der Waals surface area contributed by atoms with Crippen LogP contribution >= 0.6 is 0 Å². The molecular formula is C23H21N5O. The van der Waals surface area contributed by atoms with E-state index >= 15 is 0 Å². The molecule has 3 heterocycles. The second-order valence-electron chi connectivity index (χ2n) is 6.76. The minimum Gasteiger partial charge on any atom is -0.374 e. The summed E-state index contributed by atoms with van der Waals surface area (Å²) < 4.78 is 0. The average Bonchev–Trinajstić information content (AvgIpc) is 2.78. The Morgan fingerprint density at radius 3 is 2.66 bits per heavy atom. The van der Waals surface area contributed by atoms with Crippen LogP contribution in [0.3, 0.4) is 0 Å². The van der Waals surface area contributed by atoms with Gasteiger partial charge >= 0.3 is 0 Å². The molecule has 6 heteroatoms. The van der Waals surface area contributed by atoms with E-state index in [4.69, 9.17) is 0 Å². The van der Waals surface area contributed by atoms with E-state index in [0.717, 1.165) is 29.6 Å². The second-order valence-corrected chi connectivity index (χ2v) is 6.76. The van der Waals surface area contributed by atoms with Gasteiger partial charge in [-0.25, -0.2) is 0 Å². The van der Waals surface area contributed by atoms with E-state index in [1.54, 1.807) is 30.9 Å². The highest BCUT2D eigenvalue weighted by Crippen LogP contribution is 2.22. The number of nitrogens with one attached hydrogen (secondary N) is 1. The summed E-state index contributed by atoms with van der Waals surface area (Å²) >= 11 is 0. The van der Waals surface area contributed by atoms with Gasteiger partial charge in [-0.05, 0) is 48.4 Å². The van der Waals surface area contributed by atoms with Gasteiger partial charge in [0.2, 0.25) is 0 Å². The van der Waals surface area contributed by atoms with E-state index in [1.807, 2.05) is 55.6 Å². The van der Waals surface area contributed by atoms with E-state index in [9.17, 15) is 4.79 Å². The highest BCUT2D eigenvalue weighted by atomic mass is 16.1. The van der Waals surface area contributed by atoms with Crippen LogP contribution in [0.4, 0.5) is 11.4 Å². The van der Waals surface area contributed by atoms with Crippen molar-refractivity contribution in [1.82, 2.24) is 15.0 Å². The molecule has 1 amide bonds. The number of amides is 1. The van der Waals surface area contributed by atoms with Gasteiger partial charge in [0.15, 0.2) is 0 Å². The lowest BCUT2D eigenvalue weighted by Gasteiger charge is -2.19. The van der Waals surface area contributed by atoms with Crippen molar-refractivity contribution in [3.63, 3.8) is 0 Å². The Morgan fingerprint density at radius 1 is 0.966 bits per heavy atom. The van der Waals surface area contributed by atoms with Gasteiger partial charge in [-0.3, -0.25) is 19.7 Å². The molecule has 0 atom stereocenters. The number of pyridine rings is 3. The van der Waals surface area contributed by atoms with Crippen molar-refractivity contribution in [2.75, 3.05) is 23.8 Å². The first kappa shape index (κ1) is 18.6. The fraction of sp³-hybridized carbons (Fsp3) is 0.130. The summed E-state index contributed by atoms with van der Waals surface area (Å²) in [7, 11) is 2.01. The zero-order valence-corrected chi connectivity index (χ0v) is 16.1. The van der Waals surface area contributed by atoms with Crippen molar-refractivity contribution < 1.29 is 4.79 Å². The van der Waals surface area contributed by atoms with Gasteiger partial charge in [0.05, 0.1) is 11.2 Å². The molecule has 0 spiro atoms. The quantitative estimate of drug-likeness (QED) is 0.546. The number of fused-ring (bicyclic) bond motifs is 1. The van der Waals surface area contributed by atoms with E-state index in [2.05, 4.69) is 25.2 Å². The number of rotatable bonds is 6. The zero-order chi connectivity index (χ0) is 20.1. The number of hydrogen-bond donors (Lipinski definition) is 1. The standard InChI is InChI=1S/C23H21N5O/c1-28(15-10-17-7-12-24-13-8-17)19-9-14-25-21(16-19)23(29)27-20-6-2-4-18-5-3-11-26-22(18)20/h2-9,11-14,16H,10,15H2,1H3,(H,27,29). The number of hydrogen-bond acceptors (Lipinski definition) is 5. The largest absolute Gasteiger partial charge is 0.374 e. The third kappa shape index (κ3) is 4.38. The van der Waals surface area contributed by atoms with Crippen LogP contribution in [0.2, 0.25) is 0 Å². The maximum Gasteiger partial charge on any atom is 0.274 e. The number of aromatic nitrogens is 3. The van der Waals surface area contributed by atoms with Crippen LogP contribution in [0.1, 0.15) is 16.1 Å². The summed E-state index contributed by atoms with van der Waals surface area (Å²) in [6.07, 6.45) is 7.87. The number of carbonyl (C=O) groups is 1. The van der Waals surface area contributed by atoms with E-state index in [-0.39, 0.29) is 5.91 Å². The molecule has 1 aromatic carbocycles. The summed E-state index contributed by atoms with van der Waals surface area (Å²) in [6.45, 7) is 0.822. The van der Waals surface area contributed by atoms with Crippen molar-refractivity contribution in [2.45, 2.75) is 6.42 Å². The monoisotopic (exact) mass is 383 g/mol. The predicted molar refractivity (Wildman–Crippen MR) is 115 cm³/mol. The smallest absolute Gasteiger partial charge is 0.274 e. The first-order chi connectivity index (χ1) is 14.2. The van der Waals surface area contributed by atoms with Crippen LogP contribution in [-0.2, 0) is 6.42 Å².